The molecular weight excluding hydrogens is 488 g/mol. The van der Waals surface area contributed by atoms with E-state index in [9.17, 15) is 9.59 Å². The maximum Gasteiger partial charge on any atom is 0.253 e. The van der Waals surface area contributed by atoms with Gasteiger partial charge in [0.15, 0.2) is 0 Å². The molecule has 2 bridgehead atoms. The van der Waals surface area contributed by atoms with Crippen molar-refractivity contribution in [2.24, 2.45) is 11.8 Å². The average molecular weight is 525 g/mol. The lowest BCUT2D eigenvalue weighted by molar-refractivity contribution is -0.00782. The molecule has 0 amide bonds. The van der Waals surface area contributed by atoms with Crippen LogP contribution in [0.15, 0.2) is 70.4 Å². The number of aromatic nitrogens is 1. The van der Waals surface area contributed by atoms with Crippen molar-refractivity contribution in [1.82, 2.24) is 9.88 Å². The number of fused-ring (bicyclic) bond motifs is 4. The zero-order valence-corrected chi connectivity index (χ0v) is 22.8. The lowest BCUT2D eigenvalue weighted by Crippen LogP contribution is -2.56. The predicted octanol–water partition coefficient (Wildman–Crippen LogP) is 5.29. The van der Waals surface area contributed by atoms with Gasteiger partial charge in [0.1, 0.15) is 17.1 Å². The largest absolute Gasteiger partial charge is 0.497 e. The molecule has 4 aromatic rings. The molecule has 6 atom stereocenters. The lowest BCUT2D eigenvalue weighted by Gasteiger charge is -2.52. The van der Waals surface area contributed by atoms with E-state index in [1.54, 1.807) is 7.11 Å². The minimum absolute atomic E-state index is 0.112. The first-order chi connectivity index (χ1) is 19.0. The Kier molecular flexibility index (Phi) is 6.85. The molecule has 3 aromatic carbocycles. The molecular formula is C32H36N4O3. The number of pyridine rings is 1. The molecule has 0 saturated carbocycles. The lowest BCUT2D eigenvalue weighted by atomic mass is 9.72. The normalized spacial score (nSPS) is 24.0. The number of benzene rings is 2. The van der Waals surface area contributed by atoms with Crippen molar-refractivity contribution < 1.29 is 4.74 Å². The van der Waals surface area contributed by atoms with Crippen molar-refractivity contribution in [2.45, 2.75) is 51.2 Å². The minimum Gasteiger partial charge on any atom is -0.497 e. The summed E-state index contributed by atoms with van der Waals surface area (Å²) in [6.45, 7) is 6.42. The van der Waals surface area contributed by atoms with E-state index < -0.39 is 10.9 Å². The molecule has 3 fully saturated rings. The van der Waals surface area contributed by atoms with Gasteiger partial charge in [0.25, 0.3) is 10.9 Å². The van der Waals surface area contributed by atoms with Gasteiger partial charge < -0.3 is 15.4 Å². The first-order valence-electron chi connectivity index (χ1n) is 14.1. The molecule has 0 radical (unpaired) electrons. The molecule has 7 heteroatoms. The maximum absolute atomic E-state index is 13.0. The molecule has 1 aromatic heterocycles. The van der Waals surface area contributed by atoms with Crippen LogP contribution >= 0.6 is 0 Å². The average Bonchev–Trinajstić information content (AvgIpc) is 3.00. The fraction of sp³-hybridized carbons (Fsp3) is 0.406. The Hall–Kier alpha value is -3.71. The zero-order chi connectivity index (χ0) is 27.1. The topological polar surface area (TPSA) is 83.6 Å². The number of piperidine rings is 3. The van der Waals surface area contributed by atoms with Gasteiger partial charge in [-0.2, -0.15) is 0 Å². The van der Waals surface area contributed by atoms with Crippen molar-refractivity contribution in [3.63, 3.8) is 0 Å². The second kappa shape index (κ2) is 10.5. The zero-order valence-electron chi connectivity index (χ0n) is 22.8. The summed E-state index contributed by atoms with van der Waals surface area (Å²) in [7, 11) is 1.67. The van der Waals surface area contributed by atoms with Crippen molar-refractivity contribution in [3.8, 4) is 5.75 Å². The maximum atomic E-state index is 13.0. The quantitative estimate of drug-likeness (QED) is 0.288. The van der Waals surface area contributed by atoms with Crippen LogP contribution in [-0.4, -0.2) is 36.1 Å². The van der Waals surface area contributed by atoms with E-state index in [1.807, 2.05) is 67.7 Å². The third-order valence-electron chi connectivity index (χ3n) is 9.03. The highest BCUT2D eigenvalue weighted by Crippen LogP contribution is 2.44. The second-order valence-electron chi connectivity index (χ2n) is 11.1. The molecule has 39 heavy (non-hydrogen) atoms. The summed E-state index contributed by atoms with van der Waals surface area (Å²) in [6.07, 6.45) is 5.30. The van der Waals surface area contributed by atoms with E-state index in [0.29, 0.717) is 23.2 Å². The highest BCUT2D eigenvalue weighted by molar-refractivity contribution is 5.85. The number of rotatable bonds is 9. The summed E-state index contributed by atoms with van der Waals surface area (Å²) in [4.78, 5) is 33.0. The Morgan fingerprint density at radius 3 is 2.51 bits per heavy atom. The van der Waals surface area contributed by atoms with Crippen molar-refractivity contribution in [3.05, 3.63) is 92.4 Å². The molecule has 3 unspecified atom stereocenters. The Morgan fingerprint density at radius 2 is 1.82 bits per heavy atom. The smallest absolute Gasteiger partial charge is 0.253 e. The van der Waals surface area contributed by atoms with Gasteiger partial charge in [-0.25, -0.2) is 0 Å². The predicted molar refractivity (Wildman–Crippen MR) is 156 cm³/mol. The molecule has 0 aliphatic carbocycles. The third kappa shape index (κ3) is 4.59. The van der Waals surface area contributed by atoms with Gasteiger partial charge in [0.05, 0.1) is 18.7 Å². The van der Waals surface area contributed by atoms with Gasteiger partial charge in [0, 0.05) is 30.2 Å². The number of hydrogen-bond donors (Lipinski definition) is 2. The summed E-state index contributed by atoms with van der Waals surface area (Å²) < 4.78 is 5.55. The van der Waals surface area contributed by atoms with Crippen LogP contribution in [0.2, 0.25) is 0 Å². The number of hydrogen-bond acceptors (Lipinski definition) is 7. The molecule has 4 heterocycles. The van der Waals surface area contributed by atoms with Gasteiger partial charge in [0.2, 0.25) is 0 Å². The van der Waals surface area contributed by atoms with Gasteiger partial charge in [-0.15, -0.1) is 0 Å². The number of nitrogens with zero attached hydrogens (tertiary/aromatic N) is 2. The van der Waals surface area contributed by atoms with Crippen molar-refractivity contribution in [2.75, 3.05) is 30.8 Å². The first-order valence-corrected chi connectivity index (χ1v) is 14.1. The Labute approximate surface area is 228 Å². The number of nitrogens with one attached hydrogen (secondary N) is 2. The summed E-state index contributed by atoms with van der Waals surface area (Å²) in [5.74, 6) is 2.14. The molecule has 202 valence electrons. The van der Waals surface area contributed by atoms with E-state index in [0.717, 1.165) is 47.3 Å². The Balaban J connectivity index is 1.40. The molecule has 3 saturated heterocycles. The van der Waals surface area contributed by atoms with Crippen LogP contribution in [0.1, 0.15) is 56.3 Å². The summed E-state index contributed by atoms with van der Waals surface area (Å²) in [5, 5.41) is 7.93. The number of ether oxygens (including phenoxy) is 1. The van der Waals surface area contributed by atoms with Crippen LogP contribution in [0.5, 0.6) is 5.75 Å². The SMILES string of the molecule is CCC1CN2CCC1C[C@H]2[C@H](Nc1c(N[C@@H](C)c2ccccc2)c(=O)c1=O)c1ccnc2ccc(OC)cc12. The fourth-order valence-electron chi connectivity index (χ4n) is 6.78. The highest BCUT2D eigenvalue weighted by atomic mass is 16.5. The van der Waals surface area contributed by atoms with Crippen LogP contribution in [-0.2, 0) is 0 Å². The second-order valence-corrected chi connectivity index (χ2v) is 11.1. The summed E-state index contributed by atoms with van der Waals surface area (Å²) >= 11 is 0. The van der Waals surface area contributed by atoms with Crippen LogP contribution in [0.3, 0.4) is 0 Å². The van der Waals surface area contributed by atoms with Gasteiger partial charge in [-0.05, 0) is 73.5 Å². The van der Waals surface area contributed by atoms with E-state index >= 15 is 0 Å². The van der Waals surface area contributed by atoms with E-state index in [2.05, 4.69) is 27.4 Å². The van der Waals surface area contributed by atoms with Crippen LogP contribution in [0.25, 0.3) is 10.9 Å². The highest BCUT2D eigenvalue weighted by Gasteiger charge is 2.44. The number of anilines is 2. The van der Waals surface area contributed by atoms with Gasteiger partial charge in [-0.1, -0.05) is 43.7 Å². The standard InChI is InChI=1S/C32H36N4O3/c1-4-20-18-36-15-13-22(20)16-27(36)28(24-12-14-33-26-11-10-23(39-3)17-25(24)26)35-30-29(31(37)32(30)38)34-19(2)21-8-6-5-7-9-21/h5-12,14,17,19-20,22,27-28,34-35H,4,13,15-16,18H2,1-3H3/t19-,20?,22?,27-,28+/m0/s1. The first kappa shape index (κ1) is 25.6. The molecule has 3 aliphatic rings. The Bertz CT molecular complexity index is 1540. The Morgan fingerprint density at radius 1 is 1.05 bits per heavy atom. The molecule has 3 aliphatic heterocycles. The minimum atomic E-state index is -0.461. The van der Waals surface area contributed by atoms with E-state index in [1.165, 1.54) is 12.8 Å². The van der Waals surface area contributed by atoms with Gasteiger partial charge in [-0.3, -0.25) is 19.5 Å². The monoisotopic (exact) mass is 524 g/mol. The summed E-state index contributed by atoms with van der Waals surface area (Å²) in [6, 6.07) is 17.8. The molecule has 7 rings (SSSR count). The molecule has 2 N–H and O–H groups in total. The van der Waals surface area contributed by atoms with Crippen LogP contribution in [0.4, 0.5) is 11.4 Å². The van der Waals surface area contributed by atoms with Crippen molar-refractivity contribution >= 4 is 22.3 Å². The van der Waals surface area contributed by atoms with Crippen LogP contribution in [0, 0.1) is 11.8 Å². The van der Waals surface area contributed by atoms with E-state index in [4.69, 9.17) is 4.74 Å². The fourth-order valence-corrected chi connectivity index (χ4v) is 6.78. The third-order valence-corrected chi connectivity index (χ3v) is 9.03. The van der Waals surface area contributed by atoms with Crippen molar-refractivity contribution in [1.29, 1.82) is 0 Å². The van der Waals surface area contributed by atoms with Gasteiger partial charge >= 0.3 is 0 Å². The van der Waals surface area contributed by atoms with E-state index in [-0.39, 0.29) is 18.1 Å². The number of methoxy groups -OCH3 is 1. The molecule has 7 nitrogen and oxygen atoms in total. The summed E-state index contributed by atoms with van der Waals surface area (Å²) in [5.41, 5.74) is 2.85. The van der Waals surface area contributed by atoms with Crippen LogP contribution < -0.4 is 26.2 Å². The molecule has 0 spiro atoms.